The van der Waals surface area contributed by atoms with Crippen molar-refractivity contribution in [3.8, 4) is 5.75 Å². The van der Waals surface area contributed by atoms with Crippen LogP contribution in [0.3, 0.4) is 0 Å². The minimum Gasteiger partial charge on any atom is -0.505 e. The summed E-state index contributed by atoms with van der Waals surface area (Å²) in [6.07, 6.45) is 0. The van der Waals surface area contributed by atoms with E-state index >= 15 is 0 Å². The lowest BCUT2D eigenvalue weighted by molar-refractivity contribution is 0.476. The molecule has 0 saturated heterocycles. The van der Waals surface area contributed by atoms with Gasteiger partial charge in [-0.25, -0.2) is 0 Å². The molecule has 2 aromatic rings. The predicted molar refractivity (Wildman–Crippen MR) is 40.3 cm³/mol. The van der Waals surface area contributed by atoms with Crippen molar-refractivity contribution in [2.24, 2.45) is 0 Å². The van der Waals surface area contributed by atoms with Crippen LogP contribution in [0.5, 0.6) is 5.75 Å². The van der Waals surface area contributed by atoms with E-state index in [9.17, 15) is 5.11 Å². The number of phenolic OH excluding ortho intramolecular Hbond substituents is 1. The number of benzene rings is 1. The van der Waals surface area contributed by atoms with Crippen molar-refractivity contribution in [3.05, 3.63) is 17.7 Å². The first kappa shape index (κ1) is 6.15. The third-order valence-electron chi connectivity index (χ3n) is 1.67. The van der Waals surface area contributed by atoms with E-state index < -0.39 is 0 Å². The highest BCUT2D eigenvalue weighted by atomic mass is 16.3. The number of phenols is 1. The fourth-order valence-corrected chi connectivity index (χ4v) is 1.00. The largest absolute Gasteiger partial charge is 0.505 e. The van der Waals surface area contributed by atoms with Gasteiger partial charge in [-0.1, -0.05) is 11.3 Å². The standard InChI is InChI=1S/C7H7N3O/c1-4-2-3-5-6(7(4)11)9-10-8-5/h2-3,11H,1H3,(H,8,9,10). The number of aromatic nitrogens is 3. The van der Waals surface area contributed by atoms with E-state index in [-0.39, 0.29) is 5.75 Å². The molecule has 0 bridgehead atoms. The second kappa shape index (κ2) is 1.95. The minimum absolute atomic E-state index is 0.205. The Balaban J connectivity index is 2.93. The van der Waals surface area contributed by atoms with Crippen molar-refractivity contribution < 1.29 is 5.11 Å². The average Bonchev–Trinajstić information content (AvgIpc) is 2.45. The molecule has 1 aromatic heterocycles. The monoisotopic (exact) mass is 149 g/mol. The van der Waals surface area contributed by atoms with Crippen molar-refractivity contribution in [2.75, 3.05) is 0 Å². The summed E-state index contributed by atoms with van der Waals surface area (Å²) in [5.74, 6) is 0.205. The zero-order chi connectivity index (χ0) is 7.84. The Morgan fingerprint density at radius 2 is 2.27 bits per heavy atom. The molecule has 11 heavy (non-hydrogen) atoms. The van der Waals surface area contributed by atoms with Gasteiger partial charge in [0.1, 0.15) is 5.75 Å². The van der Waals surface area contributed by atoms with Crippen LogP contribution in [0.4, 0.5) is 0 Å². The summed E-state index contributed by atoms with van der Waals surface area (Å²) in [5, 5.41) is 19.4. The maximum Gasteiger partial charge on any atom is 0.154 e. The normalized spacial score (nSPS) is 10.6. The van der Waals surface area contributed by atoms with Gasteiger partial charge in [0.15, 0.2) is 5.52 Å². The third kappa shape index (κ3) is 0.756. The van der Waals surface area contributed by atoms with Gasteiger partial charge in [-0.2, -0.15) is 0 Å². The Bertz CT molecular complexity index is 393. The second-order valence-corrected chi connectivity index (χ2v) is 2.44. The first-order valence-corrected chi connectivity index (χ1v) is 3.28. The van der Waals surface area contributed by atoms with Crippen LogP contribution in [0.1, 0.15) is 5.56 Å². The maximum absolute atomic E-state index is 9.42. The van der Waals surface area contributed by atoms with Gasteiger partial charge in [-0.15, -0.1) is 5.10 Å². The molecule has 0 saturated carbocycles. The fourth-order valence-electron chi connectivity index (χ4n) is 1.00. The molecule has 0 spiro atoms. The maximum atomic E-state index is 9.42. The summed E-state index contributed by atoms with van der Waals surface area (Å²) >= 11 is 0. The van der Waals surface area contributed by atoms with Crippen LogP contribution in [0.15, 0.2) is 12.1 Å². The van der Waals surface area contributed by atoms with Crippen LogP contribution in [0, 0.1) is 6.92 Å². The number of aryl methyl sites for hydroxylation is 1. The average molecular weight is 149 g/mol. The van der Waals surface area contributed by atoms with Gasteiger partial charge in [0, 0.05) is 0 Å². The molecule has 1 heterocycles. The summed E-state index contributed by atoms with van der Waals surface area (Å²) in [6, 6.07) is 3.65. The zero-order valence-corrected chi connectivity index (χ0v) is 6.00. The lowest BCUT2D eigenvalue weighted by Crippen LogP contribution is -1.76. The minimum atomic E-state index is 0.205. The molecule has 0 aliphatic heterocycles. The number of H-pyrrole nitrogens is 1. The number of rotatable bonds is 0. The fraction of sp³-hybridized carbons (Fsp3) is 0.143. The Morgan fingerprint density at radius 3 is 3.09 bits per heavy atom. The number of hydrogen-bond donors (Lipinski definition) is 2. The number of aromatic hydroxyl groups is 1. The molecule has 0 fully saturated rings. The van der Waals surface area contributed by atoms with Gasteiger partial charge in [0.2, 0.25) is 0 Å². The van der Waals surface area contributed by atoms with Gasteiger partial charge in [0.25, 0.3) is 0 Å². The Labute approximate surface area is 62.9 Å². The van der Waals surface area contributed by atoms with Crippen molar-refractivity contribution >= 4 is 11.0 Å². The molecule has 0 amide bonds. The molecule has 2 rings (SSSR count). The first-order valence-electron chi connectivity index (χ1n) is 3.28. The number of nitrogens with one attached hydrogen (secondary N) is 1. The molecule has 4 nitrogen and oxygen atoms in total. The van der Waals surface area contributed by atoms with Crippen molar-refractivity contribution in [1.29, 1.82) is 0 Å². The molecule has 4 heteroatoms. The lowest BCUT2D eigenvalue weighted by Gasteiger charge is -1.95. The molecular weight excluding hydrogens is 142 g/mol. The zero-order valence-electron chi connectivity index (χ0n) is 6.00. The molecule has 0 aliphatic rings. The van der Waals surface area contributed by atoms with Gasteiger partial charge < -0.3 is 5.11 Å². The number of fused-ring (bicyclic) bond motifs is 1. The van der Waals surface area contributed by atoms with E-state index in [0.717, 1.165) is 11.1 Å². The molecule has 1 aromatic carbocycles. The van der Waals surface area contributed by atoms with Crippen molar-refractivity contribution in [2.45, 2.75) is 6.92 Å². The van der Waals surface area contributed by atoms with Crippen molar-refractivity contribution in [3.63, 3.8) is 0 Å². The quantitative estimate of drug-likeness (QED) is 0.586. The number of aromatic amines is 1. The Hall–Kier alpha value is -1.58. The van der Waals surface area contributed by atoms with Crippen LogP contribution in [-0.4, -0.2) is 20.5 Å². The van der Waals surface area contributed by atoms with E-state index in [1.807, 2.05) is 19.1 Å². The molecule has 0 unspecified atom stereocenters. The SMILES string of the molecule is Cc1ccc2[nH]nnc2c1O. The van der Waals surface area contributed by atoms with Crippen LogP contribution in [0.25, 0.3) is 11.0 Å². The number of nitrogens with zero attached hydrogens (tertiary/aromatic N) is 2. The second-order valence-electron chi connectivity index (χ2n) is 2.44. The molecule has 0 atom stereocenters. The van der Waals surface area contributed by atoms with Crippen LogP contribution in [0.2, 0.25) is 0 Å². The van der Waals surface area contributed by atoms with Crippen LogP contribution >= 0.6 is 0 Å². The molecule has 2 N–H and O–H groups in total. The summed E-state index contributed by atoms with van der Waals surface area (Å²) in [6.45, 7) is 1.82. The van der Waals surface area contributed by atoms with Crippen molar-refractivity contribution in [1.82, 2.24) is 15.4 Å². The van der Waals surface area contributed by atoms with Gasteiger partial charge in [-0.3, -0.25) is 5.10 Å². The predicted octanol–water partition coefficient (Wildman–Crippen LogP) is 0.972. The Morgan fingerprint density at radius 1 is 1.45 bits per heavy atom. The first-order chi connectivity index (χ1) is 5.29. The highest BCUT2D eigenvalue weighted by Crippen LogP contribution is 2.23. The van der Waals surface area contributed by atoms with Crippen LogP contribution < -0.4 is 0 Å². The van der Waals surface area contributed by atoms with E-state index in [0.29, 0.717) is 5.52 Å². The van der Waals surface area contributed by atoms with E-state index in [1.54, 1.807) is 0 Å². The Kier molecular flexibility index (Phi) is 1.09. The summed E-state index contributed by atoms with van der Waals surface area (Å²) in [7, 11) is 0. The summed E-state index contributed by atoms with van der Waals surface area (Å²) in [5.41, 5.74) is 2.10. The van der Waals surface area contributed by atoms with Gasteiger partial charge in [0.05, 0.1) is 5.52 Å². The van der Waals surface area contributed by atoms with Gasteiger partial charge >= 0.3 is 0 Å². The molecule has 56 valence electrons. The van der Waals surface area contributed by atoms with E-state index in [2.05, 4.69) is 15.4 Å². The molecule has 0 aliphatic carbocycles. The van der Waals surface area contributed by atoms with Gasteiger partial charge in [-0.05, 0) is 18.6 Å². The van der Waals surface area contributed by atoms with E-state index in [1.165, 1.54) is 0 Å². The third-order valence-corrected chi connectivity index (χ3v) is 1.67. The lowest BCUT2D eigenvalue weighted by atomic mass is 10.2. The highest BCUT2D eigenvalue weighted by Gasteiger charge is 2.04. The summed E-state index contributed by atoms with van der Waals surface area (Å²) < 4.78 is 0. The summed E-state index contributed by atoms with van der Waals surface area (Å²) in [4.78, 5) is 0. The van der Waals surface area contributed by atoms with E-state index in [4.69, 9.17) is 0 Å². The molecule has 0 radical (unpaired) electrons. The number of hydrogen-bond acceptors (Lipinski definition) is 3. The van der Waals surface area contributed by atoms with Crippen LogP contribution in [-0.2, 0) is 0 Å². The molecular formula is C7H7N3O. The smallest absolute Gasteiger partial charge is 0.154 e. The highest BCUT2D eigenvalue weighted by molar-refractivity contribution is 5.81. The topological polar surface area (TPSA) is 61.8 Å².